The summed E-state index contributed by atoms with van der Waals surface area (Å²) in [7, 11) is 0. The Morgan fingerprint density at radius 1 is 1.22 bits per heavy atom. The molecule has 120 valence electrons. The minimum absolute atomic E-state index is 0.0103. The Hall–Kier alpha value is -1.86. The van der Waals surface area contributed by atoms with Crippen molar-refractivity contribution in [3.8, 4) is 0 Å². The van der Waals surface area contributed by atoms with E-state index in [0.29, 0.717) is 0 Å². The standard InChI is InChI=1S/C16H19N5OS/c22-16(14-10-23-11-17-14)21-7-5-20(6-8-21)15-13-4-2-1-3-12(13)9-18-19-15/h1-4,9,14,17H,5-8,10-11H2. The molecule has 2 aliphatic heterocycles. The van der Waals surface area contributed by atoms with Gasteiger partial charge in [-0.05, 0) is 0 Å². The lowest BCUT2D eigenvalue weighted by Gasteiger charge is -2.36. The average molecular weight is 329 g/mol. The van der Waals surface area contributed by atoms with Crippen molar-refractivity contribution in [1.29, 1.82) is 0 Å². The van der Waals surface area contributed by atoms with E-state index in [4.69, 9.17) is 0 Å². The third-order valence-electron chi connectivity index (χ3n) is 4.46. The number of thioether (sulfide) groups is 1. The Balaban J connectivity index is 1.47. The molecule has 0 saturated carbocycles. The number of rotatable bonds is 2. The van der Waals surface area contributed by atoms with Crippen LogP contribution < -0.4 is 10.2 Å². The van der Waals surface area contributed by atoms with Gasteiger partial charge in [0, 0.05) is 48.6 Å². The molecule has 2 saturated heterocycles. The Morgan fingerprint density at radius 3 is 2.83 bits per heavy atom. The Bertz CT molecular complexity index is 705. The SMILES string of the molecule is O=C(C1CSCN1)N1CCN(c2nncc3ccccc23)CC1. The predicted octanol–water partition coefficient (Wildman–Crippen LogP) is 0.941. The number of benzene rings is 1. The second kappa shape index (κ2) is 6.33. The molecular formula is C16H19N5OS. The van der Waals surface area contributed by atoms with Gasteiger partial charge < -0.3 is 9.80 Å². The molecule has 6 nitrogen and oxygen atoms in total. The number of anilines is 1. The van der Waals surface area contributed by atoms with Gasteiger partial charge in [-0.25, -0.2) is 0 Å². The maximum Gasteiger partial charge on any atom is 0.240 e. The van der Waals surface area contributed by atoms with E-state index < -0.39 is 0 Å². The first kappa shape index (κ1) is 14.7. The summed E-state index contributed by atoms with van der Waals surface area (Å²) in [5.74, 6) is 2.92. The van der Waals surface area contributed by atoms with Crippen molar-refractivity contribution in [3.63, 3.8) is 0 Å². The highest BCUT2D eigenvalue weighted by atomic mass is 32.2. The van der Waals surface area contributed by atoms with Crippen LogP contribution >= 0.6 is 11.8 Å². The third-order valence-corrected chi connectivity index (χ3v) is 5.40. The van der Waals surface area contributed by atoms with E-state index >= 15 is 0 Å². The fraction of sp³-hybridized carbons (Fsp3) is 0.438. The van der Waals surface area contributed by atoms with E-state index in [1.54, 1.807) is 18.0 Å². The summed E-state index contributed by atoms with van der Waals surface area (Å²) in [6.07, 6.45) is 1.79. The maximum absolute atomic E-state index is 12.5. The van der Waals surface area contributed by atoms with Gasteiger partial charge >= 0.3 is 0 Å². The van der Waals surface area contributed by atoms with Gasteiger partial charge in [0.25, 0.3) is 0 Å². The molecule has 1 amide bonds. The second-order valence-corrected chi connectivity index (χ2v) is 6.87. The minimum Gasteiger partial charge on any atom is -0.351 e. The van der Waals surface area contributed by atoms with Crippen molar-refractivity contribution in [3.05, 3.63) is 30.5 Å². The van der Waals surface area contributed by atoms with Crippen molar-refractivity contribution in [2.24, 2.45) is 0 Å². The van der Waals surface area contributed by atoms with Crippen molar-refractivity contribution >= 4 is 34.3 Å². The number of nitrogens with zero attached hydrogens (tertiary/aromatic N) is 4. The number of carbonyl (C=O) groups is 1. The first-order chi connectivity index (χ1) is 11.3. The molecule has 4 rings (SSSR count). The molecule has 2 fully saturated rings. The molecule has 0 spiro atoms. The molecule has 1 aromatic carbocycles. The van der Waals surface area contributed by atoms with Crippen LogP contribution in [0.1, 0.15) is 0 Å². The maximum atomic E-state index is 12.5. The van der Waals surface area contributed by atoms with Crippen molar-refractivity contribution in [1.82, 2.24) is 20.4 Å². The summed E-state index contributed by atoms with van der Waals surface area (Å²) in [6.45, 7) is 3.09. The number of hydrogen-bond acceptors (Lipinski definition) is 6. The van der Waals surface area contributed by atoms with Crippen molar-refractivity contribution < 1.29 is 4.79 Å². The molecule has 7 heteroatoms. The highest BCUT2D eigenvalue weighted by Crippen LogP contribution is 2.24. The molecule has 3 heterocycles. The number of fused-ring (bicyclic) bond motifs is 1. The summed E-state index contributed by atoms with van der Waals surface area (Å²) >= 11 is 1.79. The molecule has 0 aliphatic carbocycles. The highest BCUT2D eigenvalue weighted by Gasteiger charge is 2.30. The highest BCUT2D eigenvalue weighted by molar-refractivity contribution is 7.99. The minimum atomic E-state index is -0.0103. The quantitative estimate of drug-likeness (QED) is 0.885. The lowest BCUT2D eigenvalue weighted by molar-refractivity contribution is -0.132. The number of aromatic nitrogens is 2. The smallest absolute Gasteiger partial charge is 0.240 e. The van der Waals surface area contributed by atoms with Crippen LogP contribution in [-0.2, 0) is 4.79 Å². The van der Waals surface area contributed by atoms with Gasteiger partial charge in [0.1, 0.15) is 0 Å². The van der Waals surface area contributed by atoms with E-state index in [1.807, 2.05) is 17.0 Å². The summed E-state index contributed by atoms with van der Waals surface area (Å²) in [5.41, 5.74) is 0. The molecule has 0 radical (unpaired) electrons. The Kier molecular flexibility index (Phi) is 4.05. The summed E-state index contributed by atoms with van der Waals surface area (Å²) in [5, 5.41) is 13.9. The first-order valence-electron chi connectivity index (χ1n) is 7.88. The molecular weight excluding hydrogens is 310 g/mol. The van der Waals surface area contributed by atoms with Crippen LogP contribution in [0.15, 0.2) is 30.5 Å². The average Bonchev–Trinajstić information content (AvgIpc) is 3.15. The third kappa shape index (κ3) is 2.86. The van der Waals surface area contributed by atoms with E-state index in [-0.39, 0.29) is 11.9 Å². The zero-order valence-electron chi connectivity index (χ0n) is 12.8. The Labute approximate surface area is 139 Å². The molecule has 1 atom stereocenters. The molecule has 1 aromatic heterocycles. The topological polar surface area (TPSA) is 61.4 Å². The van der Waals surface area contributed by atoms with Crippen molar-refractivity contribution in [2.75, 3.05) is 42.7 Å². The van der Waals surface area contributed by atoms with Gasteiger partial charge in [0.15, 0.2) is 5.82 Å². The van der Waals surface area contributed by atoms with Crippen LogP contribution in [0.3, 0.4) is 0 Å². The molecule has 0 bridgehead atoms. The summed E-state index contributed by atoms with van der Waals surface area (Å²) in [4.78, 5) is 16.7. The molecule has 1 unspecified atom stereocenters. The summed E-state index contributed by atoms with van der Waals surface area (Å²) in [6, 6.07) is 8.16. The van der Waals surface area contributed by atoms with E-state index in [1.165, 1.54) is 0 Å². The number of carbonyl (C=O) groups excluding carboxylic acids is 1. The number of nitrogens with one attached hydrogen (secondary N) is 1. The van der Waals surface area contributed by atoms with E-state index in [2.05, 4.69) is 32.5 Å². The number of piperazine rings is 1. The van der Waals surface area contributed by atoms with E-state index in [9.17, 15) is 4.79 Å². The number of amides is 1. The predicted molar refractivity (Wildman–Crippen MR) is 92.6 cm³/mol. The van der Waals surface area contributed by atoms with Gasteiger partial charge in [0.05, 0.1) is 12.2 Å². The van der Waals surface area contributed by atoms with Gasteiger partial charge in [-0.3, -0.25) is 10.1 Å². The van der Waals surface area contributed by atoms with Crippen LogP contribution in [0.5, 0.6) is 0 Å². The second-order valence-electron chi connectivity index (χ2n) is 5.84. The fourth-order valence-corrected chi connectivity index (χ4v) is 4.09. The fourth-order valence-electron chi connectivity index (χ4n) is 3.16. The number of hydrogen-bond donors (Lipinski definition) is 1. The molecule has 2 aliphatic rings. The van der Waals surface area contributed by atoms with Gasteiger partial charge in [0.2, 0.25) is 5.91 Å². The van der Waals surface area contributed by atoms with E-state index in [0.717, 1.165) is 54.4 Å². The Morgan fingerprint density at radius 2 is 2.04 bits per heavy atom. The largest absolute Gasteiger partial charge is 0.351 e. The monoisotopic (exact) mass is 329 g/mol. The molecule has 23 heavy (non-hydrogen) atoms. The van der Waals surface area contributed by atoms with Crippen LogP contribution in [0.4, 0.5) is 5.82 Å². The van der Waals surface area contributed by atoms with Crippen LogP contribution in [0.25, 0.3) is 10.8 Å². The van der Waals surface area contributed by atoms with Crippen molar-refractivity contribution in [2.45, 2.75) is 6.04 Å². The lowest BCUT2D eigenvalue weighted by Crippen LogP contribution is -2.53. The lowest BCUT2D eigenvalue weighted by atomic mass is 10.1. The zero-order valence-corrected chi connectivity index (χ0v) is 13.6. The van der Waals surface area contributed by atoms with Gasteiger partial charge in [-0.2, -0.15) is 5.10 Å². The van der Waals surface area contributed by atoms with Crippen LogP contribution in [0.2, 0.25) is 0 Å². The first-order valence-corrected chi connectivity index (χ1v) is 9.04. The van der Waals surface area contributed by atoms with Gasteiger partial charge in [-0.1, -0.05) is 24.3 Å². The van der Waals surface area contributed by atoms with Gasteiger partial charge in [-0.15, -0.1) is 16.9 Å². The zero-order chi connectivity index (χ0) is 15.6. The molecule has 1 N–H and O–H groups in total. The van der Waals surface area contributed by atoms with Crippen LogP contribution in [0, 0.1) is 0 Å². The van der Waals surface area contributed by atoms with Crippen LogP contribution in [-0.4, -0.2) is 64.9 Å². The molecule has 2 aromatic rings. The normalized spacial score (nSPS) is 21.8. The summed E-state index contributed by atoms with van der Waals surface area (Å²) < 4.78 is 0.